The topological polar surface area (TPSA) is 0 Å². The molecule has 0 fully saturated rings. The third-order valence-corrected chi connectivity index (χ3v) is 4.63. The zero-order chi connectivity index (χ0) is 15.8. The standard InChI is InChI=1S/C21H30N.BrH/c1-4-12-21(20-16-9-6-10-17-20)22(2,3)18-11-15-19-13-7-5-8-14-19;/h5-10,13-14,16-17,21H,4,11-12,15,18H2,1-3H3;1H/q+1;/p-1. The van der Waals surface area contributed by atoms with Crippen LogP contribution in [0.2, 0.25) is 0 Å². The molecule has 0 aliphatic rings. The van der Waals surface area contributed by atoms with Crippen molar-refractivity contribution in [2.45, 2.75) is 38.6 Å². The van der Waals surface area contributed by atoms with Crippen molar-refractivity contribution in [2.75, 3.05) is 20.6 Å². The summed E-state index contributed by atoms with van der Waals surface area (Å²) in [4.78, 5) is 0. The van der Waals surface area contributed by atoms with Gasteiger partial charge in [-0.05, 0) is 12.0 Å². The number of nitrogens with zero attached hydrogens (tertiary/aromatic N) is 1. The van der Waals surface area contributed by atoms with Gasteiger partial charge < -0.3 is 21.5 Å². The van der Waals surface area contributed by atoms with E-state index >= 15 is 0 Å². The van der Waals surface area contributed by atoms with Crippen molar-refractivity contribution in [2.24, 2.45) is 0 Å². The molecule has 2 heteroatoms. The maximum atomic E-state index is 2.39. The number of benzene rings is 2. The van der Waals surface area contributed by atoms with Gasteiger partial charge in [-0.3, -0.25) is 0 Å². The number of quaternary nitrogens is 1. The molecule has 0 amide bonds. The maximum Gasteiger partial charge on any atom is 0.114 e. The summed E-state index contributed by atoms with van der Waals surface area (Å²) in [7, 11) is 4.77. The predicted molar refractivity (Wildman–Crippen MR) is 95.8 cm³/mol. The van der Waals surface area contributed by atoms with Gasteiger partial charge in [0.25, 0.3) is 0 Å². The van der Waals surface area contributed by atoms with Crippen molar-refractivity contribution in [1.29, 1.82) is 0 Å². The SMILES string of the molecule is CCCC(c1ccccc1)[N+](C)(C)CCCc1ccccc1.[Br-]. The van der Waals surface area contributed by atoms with Gasteiger partial charge in [0.05, 0.1) is 20.6 Å². The first kappa shape index (κ1) is 19.9. The highest BCUT2D eigenvalue weighted by Crippen LogP contribution is 2.30. The van der Waals surface area contributed by atoms with Gasteiger partial charge in [-0.15, -0.1) is 0 Å². The lowest BCUT2D eigenvalue weighted by atomic mass is 9.98. The molecule has 2 rings (SSSR count). The quantitative estimate of drug-likeness (QED) is 0.620. The fourth-order valence-corrected chi connectivity index (χ4v) is 3.36. The molecular weight excluding hydrogens is 346 g/mol. The average Bonchev–Trinajstić information content (AvgIpc) is 2.54. The van der Waals surface area contributed by atoms with Crippen LogP contribution in [0.1, 0.15) is 43.4 Å². The summed E-state index contributed by atoms with van der Waals surface area (Å²) in [5.74, 6) is 0. The molecule has 0 radical (unpaired) electrons. The van der Waals surface area contributed by atoms with Crippen LogP contribution in [0.15, 0.2) is 60.7 Å². The number of hydrogen-bond donors (Lipinski definition) is 0. The molecule has 0 aromatic heterocycles. The molecule has 0 bridgehead atoms. The van der Waals surface area contributed by atoms with Gasteiger partial charge in [0.15, 0.2) is 0 Å². The molecule has 0 aliphatic heterocycles. The number of hydrogen-bond acceptors (Lipinski definition) is 0. The highest BCUT2D eigenvalue weighted by molar-refractivity contribution is 5.17. The lowest BCUT2D eigenvalue weighted by molar-refractivity contribution is -0.921. The van der Waals surface area contributed by atoms with Crippen LogP contribution in [0, 0.1) is 0 Å². The second kappa shape index (κ2) is 9.89. The lowest BCUT2D eigenvalue weighted by Crippen LogP contribution is -3.00. The molecule has 0 spiro atoms. The smallest absolute Gasteiger partial charge is 0.114 e. The fraction of sp³-hybridized carbons (Fsp3) is 0.429. The van der Waals surface area contributed by atoms with Crippen LogP contribution in [0.4, 0.5) is 0 Å². The van der Waals surface area contributed by atoms with E-state index in [-0.39, 0.29) is 17.0 Å². The van der Waals surface area contributed by atoms with Crippen molar-refractivity contribution < 1.29 is 21.5 Å². The number of halogens is 1. The van der Waals surface area contributed by atoms with Crippen LogP contribution >= 0.6 is 0 Å². The van der Waals surface area contributed by atoms with E-state index in [0.717, 1.165) is 4.48 Å². The average molecular weight is 376 g/mol. The lowest BCUT2D eigenvalue weighted by Gasteiger charge is -2.38. The molecule has 2 aromatic carbocycles. The summed E-state index contributed by atoms with van der Waals surface area (Å²) in [6.07, 6.45) is 4.91. The first-order chi connectivity index (χ1) is 10.6. The van der Waals surface area contributed by atoms with Crippen molar-refractivity contribution in [3.63, 3.8) is 0 Å². The Bertz CT molecular complexity index is 536. The molecule has 0 heterocycles. The van der Waals surface area contributed by atoms with E-state index in [4.69, 9.17) is 0 Å². The zero-order valence-corrected chi connectivity index (χ0v) is 16.3. The Kier molecular flexibility index (Phi) is 8.57. The molecule has 1 nitrogen and oxygen atoms in total. The van der Waals surface area contributed by atoms with Crippen molar-refractivity contribution in [1.82, 2.24) is 0 Å². The van der Waals surface area contributed by atoms with Crippen LogP contribution in [0.5, 0.6) is 0 Å². The normalized spacial score (nSPS) is 12.5. The Morgan fingerprint density at radius 1 is 0.870 bits per heavy atom. The van der Waals surface area contributed by atoms with Crippen molar-refractivity contribution in [3.8, 4) is 0 Å². The Labute approximate surface area is 152 Å². The molecule has 23 heavy (non-hydrogen) atoms. The molecule has 2 aromatic rings. The molecule has 126 valence electrons. The van der Waals surface area contributed by atoms with Crippen LogP contribution in [-0.4, -0.2) is 25.1 Å². The highest BCUT2D eigenvalue weighted by Gasteiger charge is 2.28. The fourth-order valence-electron chi connectivity index (χ4n) is 3.36. The van der Waals surface area contributed by atoms with E-state index in [2.05, 4.69) is 81.7 Å². The first-order valence-corrected chi connectivity index (χ1v) is 8.55. The molecule has 1 unspecified atom stereocenters. The number of rotatable bonds is 8. The third-order valence-electron chi connectivity index (χ3n) is 4.63. The van der Waals surface area contributed by atoms with Crippen LogP contribution in [-0.2, 0) is 6.42 Å². The first-order valence-electron chi connectivity index (χ1n) is 8.55. The minimum Gasteiger partial charge on any atom is -1.00 e. The van der Waals surface area contributed by atoms with E-state index in [0.29, 0.717) is 6.04 Å². The molecule has 0 saturated carbocycles. The molecule has 0 N–H and O–H groups in total. The zero-order valence-electron chi connectivity index (χ0n) is 14.7. The van der Waals surface area contributed by atoms with Gasteiger partial charge >= 0.3 is 0 Å². The summed E-state index contributed by atoms with van der Waals surface area (Å²) in [5.41, 5.74) is 2.93. The van der Waals surface area contributed by atoms with E-state index in [1.807, 2.05) is 0 Å². The van der Waals surface area contributed by atoms with Crippen LogP contribution in [0.3, 0.4) is 0 Å². The van der Waals surface area contributed by atoms with Crippen molar-refractivity contribution in [3.05, 3.63) is 71.8 Å². The van der Waals surface area contributed by atoms with Gasteiger partial charge in [-0.1, -0.05) is 74.0 Å². The summed E-state index contributed by atoms with van der Waals surface area (Å²) in [5, 5.41) is 0. The monoisotopic (exact) mass is 375 g/mol. The molecule has 1 atom stereocenters. The van der Waals surface area contributed by atoms with Crippen molar-refractivity contribution >= 4 is 0 Å². The summed E-state index contributed by atoms with van der Waals surface area (Å²) in [6, 6.07) is 22.5. The minimum absolute atomic E-state index is 0. The Hall–Kier alpha value is -1.12. The Morgan fingerprint density at radius 3 is 2.00 bits per heavy atom. The van der Waals surface area contributed by atoms with Crippen LogP contribution in [0.25, 0.3) is 0 Å². The second-order valence-corrected chi connectivity index (χ2v) is 6.81. The van der Waals surface area contributed by atoms with Gasteiger partial charge in [0.1, 0.15) is 6.04 Å². The largest absolute Gasteiger partial charge is 1.00 e. The Morgan fingerprint density at radius 2 is 1.43 bits per heavy atom. The highest BCUT2D eigenvalue weighted by atomic mass is 79.9. The van der Waals surface area contributed by atoms with Gasteiger partial charge in [0.2, 0.25) is 0 Å². The van der Waals surface area contributed by atoms with E-state index in [1.165, 1.54) is 43.4 Å². The molecule has 0 aliphatic carbocycles. The molecular formula is C21H30BrN. The maximum absolute atomic E-state index is 2.39. The van der Waals surface area contributed by atoms with E-state index < -0.39 is 0 Å². The minimum atomic E-state index is 0. The summed E-state index contributed by atoms with van der Waals surface area (Å²) >= 11 is 0. The van der Waals surface area contributed by atoms with E-state index in [1.54, 1.807) is 0 Å². The second-order valence-electron chi connectivity index (χ2n) is 6.81. The predicted octanol–water partition coefficient (Wildman–Crippen LogP) is 2.24. The summed E-state index contributed by atoms with van der Waals surface area (Å²) < 4.78 is 1.07. The van der Waals surface area contributed by atoms with Gasteiger partial charge in [-0.2, -0.15) is 0 Å². The molecule has 0 saturated heterocycles. The van der Waals surface area contributed by atoms with Gasteiger partial charge in [-0.25, -0.2) is 0 Å². The van der Waals surface area contributed by atoms with Crippen LogP contribution < -0.4 is 17.0 Å². The summed E-state index contributed by atoms with van der Waals surface area (Å²) in [6.45, 7) is 3.51. The third kappa shape index (κ3) is 6.12. The van der Waals surface area contributed by atoms with E-state index in [9.17, 15) is 0 Å². The number of aryl methyl sites for hydroxylation is 1. The van der Waals surface area contributed by atoms with Gasteiger partial charge in [0, 0.05) is 18.4 Å². The Balaban J connectivity index is 0.00000264.